The van der Waals surface area contributed by atoms with Gasteiger partial charge in [-0.2, -0.15) is 5.10 Å². The molecule has 134 valence electrons. The van der Waals surface area contributed by atoms with Gasteiger partial charge < -0.3 is 14.4 Å². The Bertz CT molecular complexity index is 904. The van der Waals surface area contributed by atoms with E-state index < -0.39 is 0 Å². The van der Waals surface area contributed by atoms with Crippen molar-refractivity contribution in [3.05, 3.63) is 60.5 Å². The lowest BCUT2D eigenvalue weighted by Crippen LogP contribution is -2.36. The number of nitrogens with zero attached hydrogens (tertiary/aromatic N) is 3. The Labute approximate surface area is 151 Å². The average molecular weight is 353 g/mol. The number of anilines is 1. The molecule has 0 bridgehead atoms. The lowest BCUT2D eigenvalue weighted by Gasteiger charge is -2.30. The fourth-order valence-corrected chi connectivity index (χ4v) is 3.32. The van der Waals surface area contributed by atoms with Crippen molar-refractivity contribution in [3.8, 4) is 22.7 Å². The molecule has 0 unspecified atom stereocenters. The van der Waals surface area contributed by atoms with Gasteiger partial charge in [0.05, 0.1) is 49.2 Å². The van der Waals surface area contributed by atoms with Crippen LogP contribution in [-0.4, -0.2) is 43.2 Å². The molecule has 2 aromatic carbocycles. The van der Waals surface area contributed by atoms with Crippen LogP contribution in [0.5, 0.6) is 5.75 Å². The molecule has 0 radical (unpaired) electrons. The molecule has 0 spiro atoms. The second kappa shape index (κ2) is 7.17. The standard InChI is InChI=1S/C20H20FN3O2/c1-25-19-8-4-5-15(21)20(19)18-9-10-22-24(18)17-7-3-2-6-16(17)23-11-13-26-14-12-23/h2-10H,11-14H2,1H3. The zero-order valence-corrected chi connectivity index (χ0v) is 14.6. The van der Waals surface area contributed by atoms with E-state index in [9.17, 15) is 4.39 Å². The summed E-state index contributed by atoms with van der Waals surface area (Å²) in [7, 11) is 1.54. The van der Waals surface area contributed by atoms with Gasteiger partial charge in [-0.15, -0.1) is 0 Å². The molecule has 0 aliphatic carbocycles. The summed E-state index contributed by atoms with van der Waals surface area (Å²) in [5.41, 5.74) is 3.01. The van der Waals surface area contributed by atoms with E-state index in [4.69, 9.17) is 9.47 Å². The summed E-state index contributed by atoms with van der Waals surface area (Å²) < 4.78 is 27.2. The van der Waals surface area contributed by atoms with E-state index in [0.717, 1.165) is 24.5 Å². The summed E-state index contributed by atoms with van der Waals surface area (Å²) >= 11 is 0. The van der Waals surface area contributed by atoms with E-state index in [-0.39, 0.29) is 5.82 Å². The van der Waals surface area contributed by atoms with Crippen molar-refractivity contribution in [1.29, 1.82) is 0 Å². The quantitative estimate of drug-likeness (QED) is 0.719. The highest BCUT2D eigenvalue weighted by molar-refractivity contribution is 5.72. The van der Waals surface area contributed by atoms with Gasteiger partial charge in [-0.05, 0) is 30.3 Å². The second-order valence-corrected chi connectivity index (χ2v) is 6.03. The van der Waals surface area contributed by atoms with Crippen LogP contribution in [-0.2, 0) is 4.74 Å². The van der Waals surface area contributed by atoms with Crippen LogP contribution in [0, 0.1) is 5.82 Å². The molecular formula is C20H20FN3O2. The highest BCUT2D eigenvalue weighted by Gasteiger charge is 2.20. The van der Waals surface area contributed by atoms with Crippen molar-refractivity contribution in [2.24, 2.45) is 0 Å². The van der Waals surface area contributed by atoms with Crippen molar-refractivity contribution < 1.29 is 13.9 Å². The Morgan fingerprint density at radius 3 is 2.54 bits per heavy atom. The first kappa shape index (κ1) is 16.6. The molecular weight excluding hydrogens is 333 g/mol. The minimum Gasteiger partial charge on any atom is -0.496 e. The number of ether oxygens (including phenoxy) is 2. The largest absolute Gasteiger partial charge is 0.496 e. The first-order chi connectivity index (χ1) is 12.8. The predicted molar refractivity (Wildman–Crippen MR) is 98.5 cm³/mol. The molecule has 1 aromatic heterocycles. The molecule has 1 fully saturated rings. The van der Waals surface area contributed by atoms with Crippen molar-refractivity contribution in [1.82, 2.24) is 9.78 Å². The van der Waals surface area contributed by atoms with Crippen molar-refractivity contribution in [2.75, 3.05) is 38.3 Å². The van der Waals surface area contributed by atoms with Gasteiger partial charge in [0.2, 0.25) is 0 Å². The zero-order valence-electron chi connectivity index (χ0n) is 14.6. The topological polar surface area (TPSA) is 39.5 Å². The molecule has 0 saturated carbocycles. The Morgan fingerprint density at radius 2 is 1.77 bits per heavy atom. The van der Waals surface area contributed by atoms with Gasteiger partial charge in [-0.25, -0.2) is 9.07 Å². The van der Waals surface area contributed by atoms with E-state index in [1.807, 2.05) is 18.2 Å². The lowest BCUT2D eigenvalue weighted by atomic mass is 10.1. The molecule has 26 heavy (non-hydrogen) atoms. The minimum atomic E-state index is -0.338. The van der Waals surface area contributed by atoms with Crippen LogP contribution in [0.15, 0.2) is 54.7 Å². The maximum absolute atomic E-state index is 14.6. The summed E-state index contributed by atoms with van der Waals surface area (Å²) in [5.74, 6) is 0.144. The monoisotopic (exact) mass is 353 g/mol. The average Bonchev–Trinajstić information content (AvgIpc) is 3.17. The van der Waals surface area contributed by atoms with Gasteiger partial charge in [0.15, 0.2) is 0 Å². The number of morpholine rings is 1. The Morgan fingerprint density at radius 1 is 1.00 bits per heavy atom. The molecule has 0 atom stereocenters. The first-order valence-corrected chi connectivity index (χ1v) is 8.58. The Kier molecular flexibility index (Phi) is 4.58. The molecule has 3 aromatic rings. The molecule has 2 heterocycles. The molecule has 0 N–H and O–H groups in total. The number of hydrogen-bond donors (Lipinski definition) is 0. The molecule has 4 rings (SSSR count). The van der Waals surface area contributed by atoms with Gasteiger partial charge in [-0.3, -0.25) is 0 Å². The summed E-state index contributed by atoms with van der Waals surface area (Å²) in [6, 6.07) is 14.6. The van der Waals surface area contributed by atoms with Gasteiger partial charge in [0.25, 0.3) is 0 Å². The lowest BCUT2D eigenvalue weighted by molar-refractivity contribution is 0.122. The molecule has 5 nitrogen and oxygen atoms in total. The summed E-state index contributed by atoms with van der Waals surface area (Å²) in [5, 5.41) is 4.47. The number of benzene rings is 2. The molecule has 1 aliphatic rings. The summed E-state index contributed by atoms with van der Waals surface area (Å²) in [4.78, 5) is 2.27. The van der Waals surface area contributed by atoms with Crippen LogP contribution >= 0.6 is 0 Å². The molecule has 6 heteroatoms. The molecule has 1 saturated heterocycles. The third-order valence-electron chi connectivity index (χ3n) is 4.56. The fourth-order valence-electron chi connectivity index (χ4n) is 3.32. The number of aromatic nitrogens is 2. The highest BCUT2D eigenvalue weighted by Crippen LogP contribution is 2.35. The number of methoxy groups -OCH3 is 1. The Balaban J connectivity index is 1.84. The highest BCUT2D eigenvalue weighted by atomic mass is 19.1. The van der Waals surface area contributed by atoms with Crippen LogP contribution in [0.3, 0.4) is 0 Å². The third-order valence-corrected chi connectivity index (χ3v) is 4.56. The maximum Gasteiger partial charge on any atom is 0.136 e. The van der Waals surface area contributed by atoms with Crippen molar-refractivity contribution in [2.45, 2.75) is 0 Å². The van der Waals surface area contributed by atoms with Crippen molar-refractivity contribution in [3.63, 3.8) is 0 Å². The maximum atomic E-state index is 14.6. The number of rotatable bonds is 4. The van der Waals surface area contributed by atoms with Crippen LogP contribution in [0.4, 0.5) is 10.1 Å². The smallest absolute Gasteiger partial charge is 0.136 e. The number of halogens is 1. The van der Waals surface area contributed by atoms with Crippen LogP contribution in [0.1, 0.15) is 0 Å². The predicted octanol–water partition coefficient (Wildman–Crippen LogP) is 3.52. The van der Waals surface area contributed by atoms with Gasteiger partial charge in [0, 0.05) is 13.1 Å². The van der Waals surface area contributed by atoms with Crippen LogP contribution in [0.25, 0.3) is 16.9 Å². The van der Waals surface area contributed by atoms with Crippen LogP contribution < -0.4 is 9.64 Å². The van der Waals surface area contributed by atoms with E-state index in [2.05, 4.69) is 16.1 Å². The minimum absolute atomic E-state index is 0.338. The number of para-hydroxylation sites is 2. The van der Waals surface area contributed by atoms with Crippen LogP contribution in [0.2, 0.25) is 0 Å². The zero-order chi connectivity index (χ0) is 17.9. The first-order valence-electron chi connectivity index (χ1n) is 8.58. The molecule has 0 amide bonds. The molecule has 1 aliphatic heterocycles. The van der Waals surface area contributed by atoms with Gasteiger partial charge in [0.1, 0.15) is 11.6 Å². The fraction of sp³-hybridized carbons (Fsp3) is 0.250. The van der Waals surface area contributed by atoms with E-state index >= 15 is 0 Å². The van der Waals surface area contributed by atoms with E-state index in [0.29, 0.717) is 30.2 Å². The normalized spacial score (nSPS) is 14.5. The third kappa shape index (κ3) is 2.93. The second-order valence-electron chi connectivity index (χ2n) is 6.03. The number of hydrogen-bond acceptors (Lipinski definition) is 4. The van der Waals surface area contributed by atoms with Gasteiger partial charge in [-0.1, -0.05) is 18.2 Å². The van der Waals surface area contributed by atoms with Gasteiger partial charge >= 0.3 is 0 Å². The summed E-state index contributed by atoms with van der Waals surface area (Å²) in [6.07, 6.45) is 1.68. The summed E-state index contributed by atoms with van der Waals surface area (Å²) in [6.45, 7) is 3.02. The van der Waals surface area contributed by atoms with E-state index in [1.54, 1.807) is 36.2 Å². The van der Waals surface area contributed by atoms with E-state index in [1.165, 1.54) is 6.07 Å². The SMILES string of the molecule is COc1cccc(F)c1-c1ccnn1-c1ccccc1N1CCOCC1. The Hall–Kier alpha value is -2.86. The van der Waals surface area contributed by atoms with Crippen molar-refractivity contribution >= 4 is 5.69 Å².